The summed E-state index contributed by atoms with van der Waals surface area (Å²) in [5.74, 6) is 1.02. The zero-order valence-electron chi connectivity index (χ0n) is 14.3. The summed E-state index contributed by atoms with van der Waals surface area (Å²) in [7, 11) is 1.71. The first-order chi connectivity index (χ1) is 12.6. The monoisotopic (exact) mass is 370 g/mol. The molecule has 1 aromatic heterocycles. The Labute approximate surface area is 156 Å². The smallest absolute Gasteiger partial charge is 0.256 e. The van der Waals surface area contributed by atoms with Gasteiger partial charge in [0.1, 0.15) is 17.1 Å². The number of hydrogen-bond donors (Lipinski definition) is 3. The normalized spacial score (nSPS) is 10.5. The van der Waals surface area contributed by atoms with Crippen LogP contribution in [0.25, 0.3) is 11.3 Å². The predicted molar refractivity (Wildman–Crippen MR) is 103 cm³/mol. The average Bonchev–Trinajstić information content (AvgIpc) is 3.08. The number of anilines is 1. The quantitative estimate of drug-likeness (QED) is 0.604. The second-order valence-corrected chi connectivity index (χ2v) is 6.22. The van der Waals surface area contributed by atoms with Crippen LogP contribution in [0.3, 0.4) is 0 Å². The van der Waals surface area contributed by atoms with Crippen molar-refractivity contribution >= 4 is 23.4 Å². The number of phenols is 1. The summed E-state index contributed by atoms with van der Waals surface area (Å²) >= 11 is 5.91. The third-order valence-corrected chi connectivity index (χ3v) is 4.22. The first-order valence-corrected chi connectivity index (χ1v) is 8.58. The summed E-state index contributed by atoms with van der Waals surface area (Å²) in [6.07, 6.45) is 0.669. The van der Waals surface area contributed by atoms with Gasteiger partial charge in [0, 0.05) is 24.2 Å². The minimum absolute atomic E-state index is 0.211. The lowest BCUT2D eigenvalue weighted by atomic mass is 10.1. The second-order valence-electron chi connectivity index (χ2n) is 5.78. The van der Waals surface area contributed by atoms with Gasteiger partial charge in [0.2, 0.25) is 5.88 Å². The number of rotatable bonds is 6. The fraction of sp³-hybridized carbons (Fsp3) is 0.150. The van der Waals surface area contributed by atoms with E-state index in [9.17, 15) is 9.90 Å². The summed E-state index contributed by atoms with van der Waals surface area (Å²) in [4.78, 5) is 12.5. The molecule has 5 nitrogen and oxygen atoms in total. The number of aromatic hydroxyl groups is 1. The molecule has 0 fully saturated rings. The fourth-order valence-corrected chi connectivity index (χ4v) is 2.71. The fourth-order valence-electron chi connectivity index (χ4n) is 2.58. The van der Waals surface area contributed by atoms with Crippen LogP contribution in [0.5, 0.6) is 5.75 Å². The van der Waals surface area contributed by atoms with Crippen LogP contribution in [0.2, 0.25) is 5.02 Å². The van der Waals surface area contributed by atoms with Crippen LogP contribution in [0.4, 0.5) is 5.88 Å². The highest BCUT2D eigenvalue weighted by Gasteiger charge is 2.17. The Morgan fingerprint density at radius 2 is 1.81 bits per heavy atom. The van der Waals surface area contributed by atoms with Crippen molar-refractivity contribution < 1.29 is 14.3 Å². The standard InChI is InChI=1S/C20H19ClN2O3/c1-22-20-17(12-18(26-20)14-4-6-15(21)7-5-14)19(25)23-11-10-13-2-8-16(24)9-3-13/h2-9,12,22,24H,10-11H2,1H3,(H,23,25). The van der Waals surface area contributed by atoms with Gasteiger partial charge in [-0.05, 0) is 54.4 Å². The van der Waals surface area contributed by atoms with E-state index >= 15 is 0 Å². The highest BCUT2D eigenvalue weighted by molar-refractivity contribution is 6.30. The number of carbonyl (C=O) groups excluding carboxylic acids is 1. The van der Waals surface area contributed by atoms with E-state index in [1.807, 2.05) is 24.3 Å². The van der Waals surface area contributed by atoms with Crippen molar-refractivity contribution in [3.8, 4) is 17.1 Å². The molecule has 3 aromatic rings. The molecule has 1 amide bonds. The molecule has 0 saturated carbocycles. The van der Waals surface area contributed by atoms with Crippen molar-refractivity contribution in [2.24, 2.45) is 0 Å². The Kier molecular flexibility index (Phi) is 5.49. The van der Waals surface area contributed by atoms with Crippen LogP contribution >= 0.6 is 11.6 Å². The van der Waals surface area contributed by atoms with Gasteiger partial charge in [0.25, 0.3) is 5.91 Å². The highest BCUT2D eigenvalue weighted by Crippen LogP contribution is 2.29. The summed E-state index contributed by atoms with van der Waals surface area (Å²) in [6, 6.07) is 15.9. The average molecular weight is 371 g/mol. The van der Waals surface area contributed by atoms with Gasteiger partial charge in [0.05, 0.1) is 0 Å². The lowest BCUT2D eigenvalue weighted by Gasteiger charge is -2.05. The first kappa shape index (κ1) is 17.9. The summed E-state index contributed by atoms with van der Waals surface area (Å²) < 4.78 is 5.75. The van der Waals surface area contributed by atoms with Crippen LogP contribution < -0.4 is 10.6 Å². The third-order valence-electron chi connectivity index (χ3n) is 3.97. The van der Waals surface area contributed by atoms with Gasteiger partial charge in [-0.3, -0.25) is 4.79 Å². The van der Waals surface area contributed by atoms with Gasteiger partial charge in [0.15, 0.2) is 0 Å². The zero-order chi connectivity index (χ0) is 18.5. The summed E-state index contributed by atoms with van der Waals surface area (Å²) in [6.45, 7) is 0.480. The molecule has 0 bridgehead atoms. The Bertz CT molecular complexity index is 886. The number of phenolic OH excluding ortho intramolecular Hbond substituents is 1. The van der Waals surface area contributed by atoms with E-state index in [2.05, 4.69) is 10.6 Å². The summed E-state index contributed by atoms with van der Waals surface area (Å²) in [5, 5.41) is 15.7. The van der Waals surface area contributed by atoms with Crippen molar-refractivity contribution in [3.63, 3.8) is 0 Å². The van der Waals surface area contributed by atoms with Crippen molar-refractivity contribution in [1.29, 1.82) is 0 Å². The molecule has 2 aromatic carbocycles. The van der Waals surface area contributed by atoms with E-state index in [1.165, 1.54) is 0 Å². The number of halogens is 1. The minimum atomic E-state index is -0.211. The first-order valence-electron chi connectivity index (χ1n) is 8.20. The highest BCUT2D eigenvalue weighted by atomic mass is 35.5. The van der Waals surface area contributed by atoms with E-state index in [4.69, 9.17) is 16.0 Å². The number of furan rings is 1. The van der Waals surface area contributed by atoms with Crippen molar-refractivity contribution in [1.82, 2.24) is 5.32 Å². The van der Waals surface area contributed by atoms with Crippen LogP contribution in [0.15, 0.2) is 59.0 Å². The van der Waals surface area contributed by atoms with Crippen molar-refractivity contribution in [3.05, 3.63) is 70.7 Å². The molecule has 6 heteroatoms. The van der Waals surface area contributed by atoms with Crippen LogP contribution in [0.1, 0.15) is 15.9 Å². The Hall–Kier alpha value is -2.92. The molecule has 0 saturated heterocycles. The molecule has 3 rings (SSSR count). The maximum Gasteiger partial charge on any atom is 0.256 e. The maximum absolute atomic E-state index is 12.5. The molecule has 134 valence electrons. The Morgan fingerprint density at radius 3 is 2.46 bits per heavy atom. The number of benzene rings is 2. The Morgan fingerprint density at radius 1 is 1.12 bits per heavy atom. The van der Waals surface area contributed by atoms with Crippen molar-refractivity contribution in [2.75, 3.05) is 18.9 Å². The number of nitrogens with one attached hydrogen (secondary N) is 2. The number of hydrogen-bond acceptors (Lipinski definition) is 4. The van der Waals surface area contributed by atoms with Gasteiger partial charge in [-0.2, -0.15) is 0 Å². The van der Waals surface area contributed by atoms with Crippen molar-refractivity contribution in [2.45, 2.75) is 6.42 Å². The third kappa shape index (κ3) is 4.18. The van der Waals surface area contributed by atoms with E-state index in [1.54, 1.807) is 37.4 Å². The summed E-state index contributed by atoms with van der Waals surface area (Å²) in [5.41, 5.74) is 2.32. The van der Waals surface area contributed by atoms with Crippen LogP contribution in [-0.2, 0) is 6.42 Å². The Balaban J connectivity index is 1.68. The number of amides is 1. The van der Waals surface area contributed by atoms with Gasteiger partial charge >= 0.3 is 0 Å². The zero-order valence-corrected chi connectivity index (χ0v) is 15.0. The lowest BCUT2D eigenvalue weighted by Crippen LogP contribution is -2.25. The van der Waals surface area contributed by atoms with E-state index in [0.29, 0.717) is 35.2 Å². The molecule has 3 N–H and O–H groups in total. The van der Waals surface area contributed by atoms with Gasteiger partial charge in [-0.15, -0.1) is 0 Å². The molecule has 0 spiro atoms. The number of carbonyl (C=O) groups is 1. The molecular formula is C20H19ClN2O3. The largest absolute Gasteiger partial charge is 0.508 e. The molecule has 1 heterocycles. The molecular weight excluding hydrogens is 352 g/mol. The van der Waals surface area contributed by atoms with Gasteiger partial charge in [-0.25, -0.2) is 0 Å². The molecule has 26 heavy (non-hydrogen) atoms. The molecule has 0 radical (unpaired) electrons. The SMILES string of the molecule is CNc1oc(-c2ccc(Cl)cc2)cc1C(=O)NCCc1ccc(O)cc1. The van der Waals surface area contributed by atoms with Crippen LogP contribution in [0, 0.1) is 0 Å². The minimum Gasteiger partial charge on any atom is -0.508 e. The van der Waals surface area contributed by atoms with Crippen LogP contribution in [-0.4, -0.2) is 24.6 Å². The molecule has 0 atom stereocenters. The van der Waals surface area contributed by atoms with E-state index in [-0.39, 0.29) is 11.7 Å². The molecule has 0 unspecified atom stereocenters. The topological polar surface area (TPSA) is 74.5 Å². The predicted octanol–water partition coefficient (Wildman–Crippen LogP) is 4.32. The molecule has 0 aliphatic carbocycles. The second kappa shape index (κ2) is 7.97. The maximum atomic E-state index is 12.5. The van der Waals surface area contributed by atoms with E-state index < -0.39 is 0 Å². The van der Waals surface area contributed by atoms with E-state index in [0.717, 1.165) is 11.1 Å². The van der Waals surface area contributed by atoms with Gasteiger partial charge < -0.3 is 20.2 Å². The van der Waals surface area contributed by atoms with Gasteiger partial charge in [-0.1, -0.05) is 23.7 Å². The lowest BCUT2D eigenvalue weighted by molar-refractivity contribution is 0.0954. The molecule has 0 aliphatic rings. The molecule has 0 aliphatic heterocycles.